The van der Waals surface area contributed by atoms with E-state index in [2.05, 4.69) is 9.84 Å². The van der Waals surface area contributed by atoms with Crippen LogP contribution in [-0.4, -0.2) is 22.9 Å². The quantitative estimate of drug-likeness (QED) is 0.845. The van der Waals surface area contributed by atoms with Gasteiger partial charge in [-0.15, -0.1) is 0 Å². The maximum absolute atomic E-state index is 11.5. The van der Waals surface area contributed by atoms with Crippen LogP contribution in [-0.2, 0) is 4.74 Å². The SMILES string of the molecule is COC(=O)c1ccc(Cl)c(-n2cc(N)c(C)n2)c1. The maximum atomic E-state index is 11.5. The lowest BCUT2D eigenvalue weighted by Gasteiger charge is -2.06. The number of esters is 1. The number of nitrogen functional groups attached to an aromatic ring is 1. The average molecular weight is 266 g/mol. The highest BCUT2D eigenvalue weighted by Gasteiger charge is 2.12. The molecule has 5 nitrogen and oxygen atoms in total. The molecule has 0 spiro atoms. The molecule has 0 unspecified atom stereocenters. The fourth-order valence-corrected chi connectivity index (χ4v) is 1.73. The summed E-state index contributed by atoms with van der Waals surface area (Å²) in [5.41, 5.74) is 7.99. The fourth-order valence-electron chi connectivity index (χ4n) is 1.53. The molecule has 2 N–H and O–H groups in total. The number of carbonyl (C=O) groups excluding carboxylic acids is 1. The minimum absolute atomic E-state index is 0.406. The van der Waals surface area contributed by atoms with Crippen molar-refractivity contribution in [2.75, 3.05) is 12.8 Å². The average Bonchev–Trinajstić information content (AvgIpc) is 2.69. The smallest absolute Gasteiger partial charge is 0.337 e. The summed E-state index contributed by atoms with van der Waals surface area (Å²) in [7, 11) is 1.33. The number of ether oxygens (including phenoxy) is 1. The summed E-state index contributed by atoms with van der Waals surface area (Å²) in [6, 6.07) is 4.83. The number of benzene rings is 1. The van der Waals surface area contributed by atoms with Gasteiger partial charge in [0.1, 0.15) is 0 Å². The molecule has 6 heteroatoms. The summed E-state index contributed by atoms with van der Waals surface area (Å²) >= 11 is 6.09. The number of halogens is 1. The molecule has 0 aliphatic carbocycles. The molecule has 1 aromatic carbocycles. The molecule has 2 rings (SSSR count). The van der Waals surface area contributed by atoms with E-state index in [-0.39, 0.29) is 0 Å². The van der Waals surface area contributed by atoms with Crippen molar-refractivity contribution in [2.24, 2.45) is 0 Å². The molecule has 0 fully saturated rings. The molecule has 2 aromatic rings. The third-order valence-corrected chi connectivity index (χ3v) is 2.87. The Morgan fingerprint density at radius 1 is 1.50 bits per heavy atom. The lowest BCUT2D eigenvalue weighted by molar-refractivity contribution is 0.0600. The van der Waals surface area contributed by atoms with Crippen LogP contribution in [0.1, 0.15) is 16.1 Å². The summed E-state index contributed by atoms with van der Waals surface area (Å²) < 4.78 is 6.20. The van der Waals surface area contributed by atoms with Crippen molar-refractivity contribution < 1.29 is 9.53 Å². The van der Waals surface area contributed by atoms with Crippen LogP contribution in [0, 0.1) is 6.92 Å². The summed E-state index contributed by atoms with van der Waals surface area (Å²) in [4.78, 5) is 11.5. The van der Waals surface area contributed by atoms with Crippen molar-refractivity contribution in [1.29, 1.82) is 0 Å². The van der Waals surface area contributed by atoms with Gasteiger partial charge in [-0.1, -0.05) is 11.6 Å². The van der Waals surface area contributed by atoms with E-state index in [1.165, 1.54) is 7.11 Å². The van der Waals surface area contributed by atoms with Crippen LogP contribution < -0.4 is 5.73 Å². The van der Waals surface area contributed by atoms with Gasteiger partial charge in [-0.3, -0.25) is 0 Å². The van der Waals surface area contributed by atoms with Crippen molar-refractivity contribution in [3.05, 3.63) is 40.7 Å². The molecule has 1 aromatic heterocycles. The number of aromatic nitrogens is 2. The van der Waals surface area contributed by atoms with E-state index in [4.69, 9.17) is 17.3 Å². The summed E-state index contributed by atoms with van der Waals surface area (Å²) in [5.74, 6) is -0.426. The number of nitrogens with zero attached hydrogens (tertiary/aromatic N) is 2. The second-order valence-electron chi connectivity index (χ2n) is 3.77. The van der Waals surface area contributed by atoms with Gasteiger partial charge in [0.2, 0.25) is 0 Å². The Bertz CT molecular complexity index is 588. The van der Waals surface area contributed by atoms with Gasteiger partial charge in [0.25, 0.3) is 0 Å². The number of anilines is 1. The molecule has 0 aliphatic rings. The van der Waals surface area contributed by atoms with Crippen molar-refractivity contribution in [3.8, 4) is 5.69 Å². The third-order valence-electron chi connectivity index (χ3n) is 2.55. The lowest BCUT2D eigenvalue weighted by Crippen LogP contribution is -2.04. The molecular formula is C12H12ClN3O2. The van der Waals surface area contributed by atoms with Gasteiger partial charge in [0, 0.05) is 0 Å². The highest BCUT2D eigenvalue weighted by Crippen LogP contribution is 2.23. The van der Waals surface area contributed by atoms with Crippen molar-refractivity contribution in [2.45, 2.75) is 6.92 Å². The number of aryl methyl sites for hydroxylation is 1. The normalized spacial score (nSPS) is 10.4. The van der Waals surface area contributed by atoms with E-state index in [0.29, 0.717) is 27.7 Å². The van der Waals surface area contributed by atoms with E-state index in [1.54, 1.807) is 36.0 Å². The van der Waals surface area contributed by atoms with Gasteiger partial charge in [0.15, 0.2) is 0 Å². The van der Waals surface area contributed by atoms with E-state index in [0.717, 1.165) is 0 Å². The first kappa shape index (κ1) is 12.4. The molecule has 94 valence electrons. The zero-order valence-electron chi connectivity index (χ0n) is 9.98. The highest BCUT2D eigenvalue weighted by atomic mass is 35.5. The molecule has 0 aliphatic heterocycles. The summed E-state index contributed by atoms with van der Waals surface area (Å²) in [6.45, 7) is 1.80. The fraction of sp³-hybridized carbons (Fsp3) is 0.167. The monoisotopic (exact) mass is 265 g/mol. The molecule has 0 atom stereocenters. The molecule has 1 heterocycles. The Labute approximate surface area is 109 Å². The number of hydrogen-bond donors (Lipinski definition) is 1. The van der Waals surface area contributed by atoms with Crippen molar-refractivity contribution >= 4 is 23.3 Å². The highest BCUT2D eigenvalue weighted by molar-refractivity contribution is 6.32. The zero-order valence-corrected chi connectivity index (χ0v) is 10.7. The van der Waals surface area contributed by atoms with E-state index >= 15 is 0 Å². The maximum Gasteiger partial charge on any atom is 0.337 e. The van der Waals surface area contributed by atoms with Gasteiger partial charge in [-0.25, -0.2) is 9.48 Å². The molecule has 0 saturated carbocycles. The summed E-state index contributed by atoms with van der Waals surface area (Å²) in [6.07, 6.45) is 1.65. The Morgan fingerprint density at radius 2 is 2.22 bits per heavy atom. The number of hydrogen-bond acceptors (Lipinski definition) is 4. The van der Waals surface area contributed by atoms with Gasteiger partial charge in [0.05, 0.1) is 41.0 Å². The predicted molar refractivity (Wildman–Crippen MR) is 69.1 cm³/mol. The van der Waals surface area contributed by atoms with Crippen LogP contribution in [0.15, 0.2) is 24.4 Å². The first-order valence-electron chi connectivity index (χ1n) is 5.23. The van der Waals surface area contributed by atoms with Crippen LogP contribution in [0.4, 0.5) is 5.69 Å². The van der Waals surface area contributed by atoms with Crippen LogP contribution in [0.3, 0.4) is 0 Å². The molecule has 0 bridgehead atoms. The standard InChI is InChI=1S/C12H12ClN3O2/c1-7-10(14)6-16(15-7)11-5-8(12(17)18-2)3-4-9(11)13/h3-6H,14H2,1-2H3. The van der Waals surface area contributed by atoms with Gasteiger partial charge >= 0.3 is 5.97 Å². The van der Waals surface area contributed by atoms with Gasteiger partial charge < -0.3 is 10.5 Å². The van der Waals surface area contributed by atoms with Crippen LogP contribution in [0.25, 0.3) is 5.69 Å². The van der Waals surface area contributed by atoms with E-state index in [1.807, 2.05) is 0 Å². The minimum atomic E-state index is -0.426. The van der Waals surface area contributed by atoms with Crippen LogP contribution in [0.2, 0.25) is 5.02 Å². The first-order valence-corrected chi connectivity index (χ1v) is 5.60. The number of carbonyl (C=O) groups is 1. The number of nitrogens with two attached hydrogens (primary N) is 1. The molecule has 0 amide bonds. The summed E-state index contributed by atoms with van der Waals surface area (Å²) in [5, 5.41) is 4.70. The minimum Gasteiger partial charge on any atom is -0.465 e. The van der Waals surface area contributed by atoms with Crippen LogP contribution >= 0.6 is 11.6 Å². The largest absolute Gasteiger partial charge is 0.465 e. The van der Waals surface area contributed by atoms with Gasteiger partial charge in [-0.2, -0.15) is 5.10 Å². The first-order chi connectivity index (χ1) is 8.52. The Balaban J connectivity index is 2.52. The van der Waals surface area contributed by atoms with Crippen LogP contribution in [0.5, 0.6) is 0 Å². The van der Waals surface area contributed by atoms with Crippen molar-refractivity contribution in [3.63, 3.8) is 0 Å². The zero-order chi connectivity index (χ0) is 13.3. The second kappa shape index (κ2) is 4.70. The molecule has 18 heavy (non-hydrogen) atoms. The number of methoxy groups -OCH3 is 1. The van der Waals surface area contributed by atoms with E-state index in [9.17, 15) is 4.79 Å². The Hall–Kier alpha value is -2.01. The Morgan fingerprint density at radius 3 is 2.78 bits per heavy atom. The predicted octanol–water partition coefficient (Wildman–Crippen LogP) is 2.20. The molecule has 0 saturated heterocycles. The molecule has 0 radical (unpaired) electrons. The van der Waals surface area contributed by atoms with E-state index < -0.39 is 5.97 Å². The number of rotatable bonds is 2. The molecular weight excluding hydrogens is 254 g/mol. The lowest BCUT2D eigenvalue weighted by atomic mass is 10.2. The van der Waals surface area contributed by atoms with Gasteiger partial charge in [-0.05, 0) is 25.1 Å². The Kier molecular flexibility index (Phi) is 3.25. The second-order valence-corrected chi connectivity index (χ2v) is 4.18. The third kappa shape index (κ3) is 2.17. The topological polar surface area (TPSA) is 70.1 Å². The van der Waals surface area contributed by atoms with Crippen molar-refractivity contribution in [1.82, 2.24) is 9.78 Å².